The number of carboxylic acids is 1. The zero-order chi connectivity index (χ0) is 18.9. The van der Waals surface area contributed by atoms with Gasteiger partial charge in [-0.2, -0.15) is 0 Å². The topological polar surface area (TPSA) is 49.8 Å². The summed E-state index contributed by atoms with van der Waals surface area (Å²) in [6.45, 7) is 3.50. The molecule has 0 aromatic heterocycles. The summed E-state index contributed by atoms with van der Waals surface area (Å²) in [7, 11) is 0. The second-order valence-corrected chi connectivity index (χ2v) is 6.98. The zero-order valence-corrected chi connectivity index (χ0v) is 15.6. The summed E-state index contributed by atoms with van der Waals surface area (Å²) in [5, 5.41) is 9.20. The highest BCUT2D eigenvalue weighted by Gasteiger charge is 2.24. The number of aliphatic carboxylic acids is 1. The number of nitrogens with zero attached hydrogens (tertiary/aromatic N) is 1. The summed E-state index contributed by atoms with van der Waals surface area (Å²) in [4.78, 5) is 13.4. The van der Waals surface area contributed by atoms with Crippen LogP contribution in [0.15, 0.2) is 60.7 Å². The molecule has 0 bridgehead atoms. The van der Waals surface area contributed by atoms with Crippen LogP contribution in [0.3, 0.4) is 0 Å². The van der Waals surface area contributed by atoms with E-state index in [4.69, 9.17) is 4.74 Å². The molecule has 142 valence electrons. The minimum atomic E-state index is -0.683. The predicted octanol–water partition coefficient (Wildman–Crippen LogP) is 4.04. The average Bonchev–Trinajstić information content (AvgIpc) is 2.72. The minimum Gasteiger partial charge on any atom is -0.481 e. The van der Waals surface area contributed by atoms with Gasteiger partial charge in [-0.1, -0.05) is 60.7 Å². The van der Waals surface area contributed by atoms with Crippen LogP contribution in [-0.4, -0.2) is 48.8 Å². The molecule has 1 fully saturated rings. The van der Waals surface area contributed by atoms with Crippen LogP contribution in [0.4, 0.5) is 0 Å². The van der Waals surface area contributed by atoms with E-state index in [0.29, 0.717) is 19.8 Å². The van der Waals surface area contributed by atoms with Crippen molar-refractivity contribution in [3.63, 3.8) is 0 Å². The van der Waals surface area contributed by atoms with Crippen molar-refractivity contribution >= 4 is 17.6 Å². The molecule has 0 saturated carbocycles. The fourth-order valence-electron chi connectivity index (χ4n) is 3.45. The number of hydrogen-bond acceptors (Lipinski definition) is 3. The molecule has 1 N–H and O–H groups in total. The van der Waals surface area contributed by atoms with Gasteiger partial charge in [-0.05, 0) is 42.2 Å². The van der Waals surface area contributed by atoms with Crippen LogP contribution < -0.4 is 0 Å². The minimum absolute atomic E-state index is 0.239. The molecule has 0 aliphatic carbocycles. The van der Waals surface area contributed by atoms with Crippen LogP contribution in [0.1, 0.15) is 24.0 Å². The normalized spacial score (nSPS) is 18.4. The quantitative estimate of drug-likeness (QED) is 0.567. The molecule has 1 atom stereocenters. The SMILES string of the molecule is O=C(O)C1CCCN(CCOCC(=Cc2ccccc2)c2ccccc2)C1. The molecule has 0 spiro atoms. The second-order valence-electron chi connectivity index (χ2n) is 6.98. The first-order chi connectivity index (χ1) is 13.2. The van der Waals surface area contributed by atoms with Gasteiger partial charge in [-0.15, -0.1) is 0 Å². The molecular formula is C23H27NO3. The summed E-state index contributed by atoms with van der Waals surface area (Å²) in [5.74, 6) is -0.922. The van der Waals surface area contributed by atoms with E-state index in [2.05, 4.69) is 35.2 Å². The molecule has 2 aromatic carbocycles. The molecule has 4 nitrogen and oxygen atoms in total. The maximum Gasteiger partial charge on any atom is 0.307 e. The molecule has 1 aliphatic rings. The van der Waals surface area contributed by atoms with E-state index in [0.717, 1.165) is 42.6 Å². The van der Waals surface area contributed by atoms with Gasteiger partial charge in [0, 0.05) is 13.1 Å². The number of benzene rings is 2. The molecule has 1 saturated heterocycles. The molecule has 1 aliphatic heterocycles. The molecular weight excluding hydrogens is 338 g/mol. The van der Waals surface area contributed by atoms with Gasteiger partial charge in [0.05, 0.1) is 19.1 Å². The lowest BCUT2D eigenvalue weighted by atomic mass is 9.98. The number of carboxylic acid groups (broad SMARTS) is 1. The lowest BCUT2D eigenvalue weighted by Gasteiger charge is -2.30. The second kappa shape index (κ2) is 10.0. The Kier molecular flexibility index (Phi) is 7.19. The molecule has 0 radical (unpaired) electrons. The van der Waals surface area contributed by atoms with Crippen LogP contribution in [0, 0.1) is 5.92 Å². The van der Waals surface area contributed by atoms with Crippen molar-refractivity contribution in [3.8, 4) is 0 Å². The van der Waals surface area contributed by atoms with Crippen LogP contribution >= 0.6 is 0 Å². The Morgan fingerprint density at radius 1 is 1.11 bits per heavy atom. The average molecular weight is 365 g/mol. The van der Waals surface area contributed by atoms with E-state index in [-0.39, 0.29) is 5.92 Å². The van der Waals surface area contributed by atoms with Crippen molar-refractivity contribution in [1.29, 1.82) is 0 Å². The fourth-order valence-corrected chi connectivity index (χ4v) is 3.45. The zero-order valence-electron chi connectivity index (χ0n) is 15.6. The van der Waals surface area contributed by atoms with E-state index in [9.17, 15) is 9.90 Å². The summed E-state index contributed by atoms with van der Waals surface area (Å²) in [6.07, 6.45) is 3.89. The Morgan fingerprint density at radius 2 is 1.81 bits per heavy atom. The van der Waals surface area contributed by atoms with Crippen molar-refractivity contribution in [2.24, 2.45) is 5.92 Å². The van der Waals surface area contributed by atoms with E-state index in [1.165, 1.54) is 0 Å². The van der Waals surface area contributed by atoms with Crippen molar-refractivity contribution in [1.82, 2.24) is 4.90 Å². The Balaban J connectivity index is 1.56. The third-order valence-electron chi connectivity index (χ3n) is 4.95. The Bertz CT molecular complexity index is 743. The first-order valence-corrected chi connectivity index (χ1v) is 9.56. The molecule has 0 amide bonds. The van der Waals surface area contributed by atoms with Crippen molar-refractivity contribution < 1.29 is 14.6 Å². The third kappa shape index (κ3) is 6.05. The summed E-state index contributed by atoms with van der Waals surface area (Å²) >= 11 is 0. The molecule has 27 heavy (non-hydrogen) atoms. The fraction of sp³-hybridized carbons (Fsp3) is 0.348. The maximum atomic E-state index is 11.2. The van der Waals surface area contributed by atoms with Gasteiger partial charge < -0.3 is 14.7 Å². The predicted molar refractivity (Wildman–Crippen MR) is 108 cm³/mol. The Hall–Kier alpha value is -2.43. The lowest BCUT2D eigenvalue weighted by Crippen LogP contribution is -2.40. The Morgan fingerprint density at radius 3 is 2.52 bits per heavy atom. The van der Waals surface area contributed by atoms with Crippen molar-refractivity contribution in [2.45, 2.75) is 12.8 Å². The highest BCUT2D eigenvalue weighted by Crippen LogP contribution is 2.19. The van der Waals surface area contributed by atoms with E-state index < -0.39 is 5.97 Å². The molecule has 4 heteroatoms. The number of carbonyl (C=O) groups is 1. The molecule has 1 heterocycles. The van der Waals surface area contributed by atoms with Gasteiger partial charge >= 0.3 is 5.97 Å². The van der Waals surface area contributed by atoms with Gasteiger partial charge in [0.15, 0.2) is 0 Å². The van der Waals surface area contributed by atoms with E-state index >= 15 is 0 Å². The number of rotatable bonds is 8. The smallest absolute Gasteiger partial charge is 0.307 e. The highest BCUT2D eigenvalue weighted by molar-refractivity contribution is 5.82. The molecule has 2 aromatic rings. The monoisotopic (exact) mass is 365 g/mol. The van der Waals surface area contributed by atoms with E-state index in [1.54, 1.807) is 0 Å². The van der Waals surface area contributed by atoms with Crippen LogP contribution in [0.5, 0.6) is 0 Å². The summed E-state index contributed by atoms with van der Waals surface area (Å²) < 4.78 is 5.96. The van der Waals surface area contributed by atoms with E-state index in [1.807, 2.05) is 36.4 Å². The number of hydrogen-bond donors (Lipinski definition) is 1. The number of ether oxygens (including phenoxy) is 1. The number of piperidine rings is 1. The van der Waals surface area contributed by atoms with Crippen LogP contribution in [0.2, 0.25) is 0 Å². The number of likely N-dealkylation sites (tertiary alicyclic amines) is 1. The van der Waals surface area contributed by atoms with Gasteiger partial charge in [0.25, 0.3) is 0 Å². The van der Waals surface area contributed by atoms with Gasteiger partial charge in [0.1, 0.15) is 0 Å². The van der Waals surface area contributed by atoms with Crippen molar-refractivity contribution in [2.75, 3.05) is 32.8 Å². The van der Waals surface area contributed by atoms with Gasteiger partial charge in [0.2, 0.25) is 0 Å². The molecule has 1 unspecified atom stereocenters. The first-order valence-electron chi connectivity index (χ1n) is 9.56. The van der Waals surface area contributed by atoms with Gasteiger partial charge in [-0.3, -0.25) is 4.79 Å². The largest absolute Gasteiger partial charge is 0.481 e. The molecule has 3 rings (SSSR count). The maximum absolute atomic E-state index is 11.2. The summed E-state index contributed by atoms with van der Waals surface area (Å²) in [5.41, 5.74) is 3.45. The standard InChI is InChI=1S/C23H27NO3/c25-23(26)21-12-7-13-24(17-21)14-15-27-18-22(20-10-5-2-6-11-20)16-19-8-3-1-4-9-19/h1-6,8-11,16,21H,7,12-15,17-18H2,(H,25,26). The van der Waals surface area contributed by atoms with Crippen molar-refractivity contribution in [3.05, 3.63) is 71.8 Å². The Labute approximate surface area is 161 Å². The third-order valence-corrected chi connectivity index (χ3v) is 4.95. The highest BCUT2D eigenvalue weighted by atomic mass is 16.5. The first kappa shape index (κ1) is 19.3. The van der Waals surface area contributed by atoms with Crippen LogP contribution in [-0.2, 0) is 9.53 Å². The lowest BCUT2D eigenvalue weighted by molar-refractivity contribution is -0.143. The van der Waals surface area contributed by atoms with Gasteiger partial charge in [-0.25, -0.2) is 0 Å². The summed E-state index contributed by atoms with van der Waals surface area (Å²) in [6, 6.07) is 20.5. The van der Waals surface area contributed by atoms with Crippen LogP contribution in [0.25, 0.3) is 11.6 Å².